The molecule has 9 heteroatoms. The van der Waals surface area contributed by atoms with E-state index in [1.165, 1.54) is 0 Å². The molecule has 1 aromatic carbocycles. The third-order valence-corrected chi connectivity index (χ3v) is 13.9. The molecule has 4 aromatic rings. The normalized spacial score (nSPS) is 14.4. The van der Waals surface area contributed by atoms with E-state index in [1.807, 2.05) is 62.1 Å². The molecule has 1 N–H and O–H groups in total. The summed E-state index contributed by atoms with van der Waals surface area (Å²) in [5.74, 6) is 0. The molecule has 0 spiro atoms. The van der Waals surface area contributed by atoms with E-state index in [-0.39, 0.29) is 15.8 Å². The van der Waals surface area contributed by atoms with Crippen LogP contribution in [-0.4, -0.2) is 37.4 Å². The smallest absolute Gasteiger partial charge is 0.192 e. The fourth-order valence-corrected chi connectivity index (χ4v) is 5.99. The van der Waals surface area contributed by atoms with Gasteiger partial charge in [-0.3, -0.25) is 9.97 Å². The van der Waals surface area contributed by atoms with E-state index in [2.05, 4.69) is 74.8 Å². The molecule has 220 valence electrons. The van der Waals surface area contributed by atoms with Crippen LogP contribution in [0.15, 0.2) is 60.9 Å². The SMILES string of the molecule is CCC[C@H](N[S@+]([O-])C(C)(C)C)c1cccc(-c2ccc3cnn(-c4ccnc(CO[Si](C)(C)C(C)(C)C)c4)c3c2)n1. The van der Waals surface area contributed by atoms with E-state index in [0.717, 1.165) is 52.1 Å². The number of fused-ring (bicyclic) bond motifs is 1. The van der Waals surface area contributed by atoms with Gasteiger partial charge in [0.15, 0.2) is 8.32 Å². The van der Waals surface area contributed by atoms with E-state index < -0.39 is 19.7 Å². The van der Waals surface area contributed by atoms with Gasteiger partial charge in [-0.15, -0.1) is 4.72 Å². The van der Waals surface area contributed by atoms with Gasteiger partial charge in [-0.2, -0.15) is 5.10 Å². The third kappa shape index (κ3) is 7.45. The maximum Gasteiger partial charge on any atom is 0.192 e. The molecule has 0 aliphatic rings. The van der Waals surface area contributed by atoms with Crippen molar-refractivity contribution in [3.8, 4) is 16.9 Å². The molecule has 3 aromatic heterocycles. The van der Waals surface area contributed by atoms with E-state index in [1.54, 1.807) is 0 Å². The molecule has 0 radical (unpaired) electrons. The van der Waals surface area contributed by atoms with E-state index >= 15 is 0 Å². The summed E-state index contributed by atoms with van der Waals surface area (Å²) in [5, 5.41) is 5.90. The van der Waals surface area contributed by atoms with Gasteiger partial charge in [-0.05, 0) is 75.7 Å². The number of aromatic nitrogens is 4. The highest BCUT2D eigenvalue weighted by Crippen LogP contribution is 2.37. The van der Waals surface area contributed by atoms with Crippen molar-refractivity contribution in [3.63, 3.8) is 0 Å². The Labute approximate surface area is 249 Å². The highest BCUT2D eigenvalue weighted by Gasteiger charge is 2.37. The summed E-state index contributed by atoms with van der Waals surface area (Å²) in [6.45, 7) is 19.8. The first-order valence-electron chi connectivity index (χ1n) is 14.4. The maximum absolute atomic E-state index is 12.9. The van der Waals surface area contributed by atoms with Crippen LogP contribution >= 0.6 is 0 Å². The van der Waals surface area contributed by atoms with Gasteiger partial charge in [-0.25, -0.2) is 4.68 Å². The zero-order valence-corrected chi connectivity index (χ0v) is 27.8. The van der Waals surface area contributed by atoms with Crippen molar-refractivity contribution in [2.45, 2.75) is 96.8 Å². The molecule has 0 aliphatic carbocycles. The Morgan fingerprint density at radius 2 is 1.80 bits per heavy atom. The van der Waals surface area contributed by atoms with Crippen molar-refractivity contribution in [2.24, 2.45) is 0 Å². The van der Waals surface area contributed by atoms with Crippen LogP contribution in [0.1, 0.15) is 78.7 Å². The van der Waals surface area contributed by atoms with Crippen LogP contribution in [0.25, 0.3) is 27.8 Å². The predicted octanol–water partition coefficient (Wildman–Crippen LogP) is 7.90. The molecule has 0 saturated heterocycles. The van der Waals surface area contributed by atoms with Crippen molar-refractivity contribution in [2.75, 3.05) is 0 Å². The first kappa shape index (κ1) is 31.4. The largest absolute Gasteiger partial charge is 0.598 e. The number of nitrogens with one attached hydrogen (secondary N) is 1. The second-order valence-electron chi connectivity index (χ2n) is 13.2. The van der Waals surface area contributed by atoms with Crippen molar-refractivity contribution in [1.82, 2.24) is 24.5 Å². The van der Waals surface area contributed by atoms with Crippen molar-refractivity contribution >= 4 is 30.6 Å². The Kier molecular flexibility index (Phi) is 9.45. The van der Waals surface area contributed by atoms with Crippen molar-refractivity contribution < 1.29 is 8.98 Å². The average molecular weight is 592 g/mol. The quantitative estimate of drug-likeness (QED) is 0.149. The van der Waals surface area contributed by atoms with Gasteiger partial charge >= 0.3 is 0 Å². The molecule has 4 rings (SSSR count). The van der Waals surface area contributed by atoms with Crippen LogP contribution in [0.3, 0.4) is 0 Å². The molecule has 0 amide bonds. The summed E-state index contributed by atoms with van der Waals surface area (Å²) >= 11 is -1.18. The van der Waals surface area contributed by atoms with Gasteiger partial charge in [0.1, 0.15) is 4.75 Å². The Balaban J connectivity index is 1.63. The number of benzene rings is 1. The summed E-state index contributed by atoms with van der Waals surface area (Å²) in [4.78, 5) is 9.60. The fourth-order valence-electron chi connectivity index (χ4n) is 4.20. The standard InChI is InChI=1S/C32H45N5O2SSi/c1-10-12-29(36-40(38)31(2,3)4)28-14-11-13-27(35-28)23-15-16-24-21-34-37(30(24)19-23)26-17-18-33-25(20-26)22-39-41(8,9)32(5,6)7/h11,13-21,29,36H,10,12,22H2,1-9H3/t29-,40+/m0/s1. The monoisotopic (exact) mass is 591 g/mol. The minimum absolute atomic E-state index is 0.0851. The average Bonchev–Trinajstić information content (AvgIpc) is 3.34. The summed E-state index contributed by atoms with van der Waals surface area (Å²) in [6, 6.07) is 16.3. The molecule has 0 unspecified atom stereocenters. The molecular weight excluding hydrogens is 547 g/mol. The minimum Gasteiger partial charge on any atom is -0.598 e. The zero-order chi connectivity index (χ0) is 30.0. The number of rotatable bonds is 10. The summed E-state index contributed by atoms with van der Waals surface area (Å²) in [5.41, 5.74) is 5.61. The molecule has 7 nitrogen and oxygen atoms in total. The lowest BCUT2D eigenvalue weighted by Crippen LogP contribution is -2.41. The van der Waals surface area contributed by atoms with Crippen LogP contribution < -0.4 is 4.72 Å². The van der Waals surface area contributed by atoms with E-state index in [0.29, 0.717) is 6.61 Å². The molecule has 3 heterocycles. The molecule has 2 atom stereocenters. The Hall–Kier alpha value is -2.56. The summed E-state index contributed by atoms with van der Waals surface area (Å²) in [7, 11) is -1.89. The molecule has 0 fully saturated rings. The topological polar surface area (TPSA) is 87.9 Å². The Morgan fingerprint density at radius 3 is 2.49 bits per heavy atom. The molecule has 0 aliphatic heterocycles. The first-order valence-corrected chi connectivity index (χ1v) is 18.5. The van der Waals surface area contributed by atoms with Gasteiger partial charge in [-0.1, -0.05) is 52.3 Å². The van der Waals surface area contributed by atoms with Gasteiger partial charge in [0.05, 0.1) is 47.1 Å². The third-order valence-electron chi connectivity index (χ3n) is 7.81. The second-order valence-corrected chi connectivity index (χ2v) is 20.0. The first-order chi connectivity index (χ1) is 19.2. The number of hydrogen-bond donors (Lipinski definition) is 1. The van der Waals surface area contributed by atoms with Crippen molar-refractivity contribution in [1.29, 1.82) is 0 Å². The minimum atomic E-state index is -1.89. The highest BCUT2D eigenvalue weighted by atomic mass is 32.2. The summed E-state index contributed by atoms with van der Waals surface area (Å²) in [6.07, 6.45) is 5.53. The lowest BCUT2D eigenvalue weighted by Gasteiger charge is -2.36. The zero-order valence-electron chi connectivity index (χ0n) is 26.0. The molecule has 41 heavy (non-hydrogen) atoms. The highest BCUT2D eigenvalue weighted by molar-refractivity contribution is 7.90. The van der Waals surface area contributed by atoms with Crippen LogP contribution in [0.5, 0.6) is 0 Å². The van der Waals surface area contributed by atoms with Crippen LogP contribution in [-0.2, 0) is 22.4 Å². The lowest BCUT2D eigenvalue weighted by molar-refractivity contribution is 0.272. The van der Waals surface area contributed by atoms with Crippen LogP contribution in [0.4, 0.5) is 0 Å². The fraction of sp³-hybridized carbons (Fsp3) is 0.469. The number of nitrogens with zero attached hydrogens (tertiary/aromatic N) is 4. The number of pyridine rings is 2. The van der Waals surface area contributed by atoms with Gasteiger partial charge in [0.2, 0.25) is 0 Å². The van der Waals surface area contributed by atoms with Crippen molar-refractivity contribution in [3.05, 3.63) is 72.3 Å². The second kappa shape index (κ2) is 12.4. The molecule has 0 bridgehead atoms. The molecular formula is C32H45N5O2SSi. The number of hydrogen-bond acceptors (Lipinski definition) is 6. The van der Waals surface area contributed by atoms with Gasteiger partial charge in [0, 0.05) is 28.5 Å². The van der Waals surface area contributed by atoms with E-state index in [4.69, 9.17) is 14.5 Å². The lowest BCUT2D eigenvalue weighted by atomic mass is 10.1. The molecule has 0 saturated carbocycles. The Bertz CT molecular complexity index is 1470. The van der Waals surface area contributed by atoms with Crippen LogP contribution in [0, 0.1) is 0 Å². The maximum atomic E-state index is 12.9. The van der Waals surface area contributed by atoms with E-state index in [9.17, 15) is 4.55 Å². The van der Waals surface area contributed by atoms with Gasteiger partial charge < -0.3 is 8.98 Å². The van der Waals surface area contributed by atoms with Gasteiger partial charge in [0.25, 0.3) is 0 Å². The van der Waals surface area contributed by atoms with Crippen LogP contribution in [0.2, 0.25) is 18.1 Å². The Morgan fingerprint density at radius 1 is 1.05 bits per heavy atom. The predicted molar refractivity (Wildman–Crippen MR) is 173 cm³/mol. The summed E-state index contributed by atoms with van der Waals surface area (Å²) < 4.78 is 24.2.